The van der Waals surface area contributed by atoms with Crippen LogP contribution in [0, 0.1) is 5.82 Å². The summed E-state index contributed by atoms with van der Waals surface area (Å²) < 4.78 is 16.1. The number of carboxylic acid groups (broad SMARTS) is 1. The second-order valence-corrected chi connectivity index (χ2v) is 6.19. The monoisotopic (exact) mass is 358 g/mol. The van der Waals surface area contributed by atoms with Crippen molar-refractivity contribution in [1.82, 2.24) is 20.0 Å². The molecule has 0 bridgehead atoms. The average molecular weight is 358 g/mol. The minimum absolute atomic E-state index is 0.0438. The number of nitrogens with two attached hydrogens (primary N) is 1. The van der Waals surface area contributed by atoms with Crippen LogP contribution in [0.25, 0.3) is 16.7 Å². The summed E-state index contributed by atoms with van der Waals surface area (Å²) in [6.45, 7) is 1.11. The highest BCUT2D eigenvalue weighted by molar-refractivity contribution is 5.94. The van der Waals surface area contributed by atoms with Crippen molar-refractivity contribution in [3.05, 3.63) is 46.1 Å². The molecule has 2 aromatic heterocycles. The Kier molecular flexibility index (Phi) is 3.69. The average Bonchev–Trinajstić information content (AvgIpc) is 3.26. The van der Waals surface area contributed by atoms with E-state index >= 15 is 0 Å². The zero-order valence-corrected chi connectivity index (χ0v) is 13.5. The third-order valence-electron chi connectivity index (χ3n) is 4.52. The molecule has 0 amide bonds. The standard InChI is InChI=1S/C16H15FN6O3/c17-11-3-9-12(4-13(11)22-2-1-8(18)6-22)23(14-5-19-21-20-14)7-10(15(9)24)16(25)26/h3-5,7-8H,1-2,6,18H2,(H,25,26)(H,19,20,21)/t8-/m0/s1. The van der Waals surface area contributed by atoms with Gasteiger partial charge in [0.1, 0.15) is 11.4 Å². The number of carboxylic acids is 1. The third-order valence-corrected chi connectivity index (χ3v) is 4.52. The molecule has 1 saturated heterocycles. The summed E-state index contributed by atoms with van der Waals surface area (Å²) in [4.78, 5) is 25.7. The molecule has 134 valence electrons. The van der Waals surface area contributed by atoms with E-state index in [0.29, 0.717) is 24.3 Å². The lowest BCUT2D eigenvalue weighted by Crippen LogP contribution is -2.27. The molecule has 3 heterocycles. The quantitative estimate of drug-likeness (QED) is 0.621. The first kappa shape index (κ1) is 16.2. The van der Waals surface area contributed by atoms with Gasteiger partial charge in [-0.2, -0.15) is 10.3 Å². The number of aromatic amines is 1. The van der Waals surface area contributed by atoms with Crippen LogP contribution in [0.2, 0.25) is 0 Å². The number of hydrogen-bond acceptors (Lipinski definition) is 6. The van der Waals surface area contributed by atoms with Gasteiger partial charge in [0, 0.05) is 25.3 Å². The van der Waals surface area contributed by atoms with Gasteiger partial charge in [-0.25, -0.2) is 9.18 Å². The first-order valence-corrected chi connectivity index (χ1v) is 7.94. The maximum atomic E-state index is 14.7. The van der Waals surface area contributed by atoms with Crippen molar-refractivity contribution < 1.29 is 14.3 Å². The molecule has 1 fully saturated rings. The highest BCUT2D eigenvalue weighted by atomic mass is 19.1. The number of fused-ring (bicyclic) bond motifs is 1. The molecule has 10 heteroatoms. The summed E-state index contributed by atoms with van der Waals surface area (Å²) in [7, 11) is 0. The van der Waals surface area contributed by atoms with E-state index in [1.54, 1.807) is 0 Å². The lowest BCUT2D eigenvalue weighted by atomic mass is 10.1. The van der Waals surface area contributed by atoms with Crippen molar-refractivity contribution in [2.24, 2.45) is 5.73 Å². The smallest absolute Gasteiger partial charge is 0.341 e. The topological polar surface area (TPSA) is 130 Å². The highest BCUT2D eigenvalue weighted by Gasteiger charge is 2.24. The molecule has 4 rings (SSSR count). The number of aromatic carboxylic acids is 1. The fourth-order valence-corrected chi connectivity index (χ4v) is 3.24. The second kappa shape index (κ2) is 5.92. The lowest BCUT2D eigenvalue weighted by molar-refractivity contribution is 0.0695. The van der Waals surface area contributed by atoms with Crippen LogP contribution in [0.3, 0.4) is 0 Å². The van der Waals surface area contributed by atoms with E-state index in [4.69, 9.17) is 5.73 Å². The van der Waals surface area contributed by atoms with Gasteiger partial charge in [-0.15, -0.1) is 5.10 Å². The normalized spacial score (nSPS) is 17.2. The Morgan fingerprint density at radius 3 is 2.85 bits per heavy atom. The molecular formula is C16H15FN6O3. The number of anilines is 1. The summed E-state index contributed by atoms with van der Waals surface area (Å²) in [6.07, 6.45) is 3.29. The zero-order chi connectivity index (χ0) is 18.4. The summed E-state index contributed by atoms with van der Waals surface area (Å²) >= 11 is 0. The lowest BCUT2D eigenvalue weighted by Gasteiger charge is -2.20. The molecule has 1 aliphatic rings. The van der Waals surface area contributed by atoms with Crippen molar-refractivity contribution in [3.8, 4) is 5.82 Å². The Bertz CT molecular complexity index is 1060. The van der Waals surface area contributed by atoms with Gasteiger partial charge in [-0.1, -0.05) is 0 Å². The largest absolute Gasteiger partial charge is 0.477 e. The predicted octanol–water partition coefficient (Wildman–Crippen LogP) is 0.483. The number of rotatable bonds is 3. The van der Waals surface area contributed by atoms with Crippen LogP contribution in [-0.2, 0) is 0 Å². The molecule has 0 aliphatic carbocycles. The van der Waals surface area contributed by atoms with Crippen LogP contribution in [0.1, 0.15) is 16.8 Å². The molecular weight excluding hydrogens is 343 g/mol. The van der Waals surface area contributed by atoms with Crippen molar-refractivity contribution >= 4 is 22.6 Å². The maximum absolute atomic E-state index is 14.7. The number of aromatic nitrogens is 4. The van der Waals surface area contributed by atoms with Gasteiger partial charge in [0.2, 0.25) is 5.43 Å². The van der Waals surface area contributed by atoms with E-state index in [2.05, 4.69) is 15.4 Å². The second-order valence-electron chi connectivity index (χ2n) is 6.19. The summed E-state index contributed by atoms with van der Waals surface area (Å²) in [6, 6.07) is 2.54. The first-order chi connectivity index (χ1) is 12.5. The number of nitrogens with zero attached hydrogens (tertiary/aromatic N) is 4. The van der Waals surface area contributed by atoms with E-state index in [-0.39, 0.29) is 17.2 Å². The van der Waals surface area contributed by atoms with Gasteiger partial charge in [-0.3, -0.25) is 9.36 Å². The van der Waals surface area contributed by atoms with E-state index in [1.165, 1.54) is 23.0 Å². The maximum Gasteiger partial charge on any atom is 0.341 e. The van der Waals surface area contributed by atoms with E-state index in [1.807, 2.05) is 4.90 Å². The van der Waals surface area contributed by atoms with Gasteiger partial charge < -0.3 is 15.7 Å². The highest BCUT2D eigenvalue weighted by Crippen LogP contribution is 2.28. The summed E-state index contributed by atoms with van der Waals surface area (Å²) in [5.41, 5.74) is 5.32. The SMILES string of the molecule is N[C@H]1CCN(c2cc3c(cc2F)c(=O)c(C(=O)O)cn3-c2cn[nH]n2)C1. The fraction of sp³-hybridized carbons (Fsp3) is 0.250. The molecule has 1 aromatic carbocycles. The van der Waals surface area contributed by atoms with Crippen LogP contribution >= 0.6 is 0 Å². The van der Waals surface area contributed by atoms with Crippen LogP contribution < -0.4 is 16.1 Å². The molecule has 1 aliphatic heterocycles. The van der Waals surface area contributed by atoms with Crippen LogP contribution in [0.4, 0.5) is 10.1 Å². The minimum Gasteiger partial charge on any atom is -0.477 e. The number of carbonyl (C=O) groups is 1. The van der Waals surface area contributed by atoms with E-state index < -0.39 is 22.8 Å². The molecule has 0 radical (unpaired) electrons. The van der Waals surface area contributed by atoms with Crippen LogP contribution in [-0.4, -0.2) is 50.2 Å². The van der Waals surface area contributed by atoms with Gasteiger partial charge in [0.15, 0.2) is 5.82 Å². The summed E-state index contributed by atoms with van der Waals surface area (Å²) in [5.74, 6) is -1.71. The number of pyridine rings is 1. The fourth-order valence-electron chi connectivity index (χ4n) is 3.24. The zero-order valence-electron chi connectivity index (χ0n) is 13.5. The Balaban J connectivity index is 2.02. The Morgan fingerprint density at radius 2 is 2.23 bits per heavy atom. The van der Waals surface area contributed by atoms with Crippen molar-refractivity contribution in [2.45, 2.75) is 12.5 Å². The number of benzene rings is 1. The van der Waals surface area contributed by atoms with Gasteiger partial charge in [0.05, 0.1) is 22.8 Å². The molecule has 0 unspecified atom stereocenters. The van der Waals surface area contributed by atoms with Gasteiger partial charge >= 0.3 is 5.97 Å². The Hall–Kier alpha value is -3.27. The van der Waals surface area contributed by atoms with Crippen molar-refractivity contribution in [1.29, 1.82) is 0 Å². The molecule has 0 saturated carbocycles. The minimum atomic E-state index is -1.40. The molecule has 1 atom stereocenters. The van der Waals surface area contributed by atoms with Crippen molar-refractivity contribution in [3.63, 3.8) is 0 Å². The van der Waals surface area contributed by atoms with Gasteiger partial charge in [0.25, 0.3) is 0 Å². The van der Waals surface area contributed by atoms with Crippen LogP contribution in [0.15, 0.2) is 29.3 Å². The molecule has 4 N–H and O–H groups in total. The Labute approximate surface area is 145 Å². The van der Waals surface area contributed by atoms with E-state index in [0.717, 1.165) is 12.5 Å². The molecule has 9 nitrogen and oxygen atoms in total. The number of hydrogen-bond donors (Lipinski definition) is 3. The predicted molar refractivity (Wildman–Crippen MR) is 91.2 cm³/mol. The first-order valence-electron chi connectivity index (χ1n) is 7.94. The van der Waals surface area contributed by atoms with Crippen LogP contribution in [0.5, 0.6) is 0 Å². The Morgan fingerprint density at radius 1 is 1.42 bits per heavy atom. The number of nitrogens with one attached hydrogen (secondary N) is 1. The van der Waals surface area contributed by atoms with Gasteiger partial charge in [-0.05, 0) is 18.6 Å². The molecule has 26 heavy (non-hydrogen) atoms. The van der Waals surface area contributed by atoms with Crippen molar-refractivity contribution in [2.75, 3.05) is 18.0 Å². The molecule has 0 spiro atoms. The molecule has 3 aromatic rings. The third kappa shape index (κ3) is 2.51. The summed E-state index contributed by atoms with van der Waals surface area (Å²) in [5, 5.41) is 19.3. The van der Waals surface area contributed by atoms with E-state index in [9.17, 15) is 19.1 Å². The number of halogens is 1. The number of H-pyrrole nitrogens is 1.